The highest BCUT2D eigenvalue weighted by atomic mass is 28.3. The number of hydrogen-bond donors (Lipinski definition) is 0. The van der Waals surface area contributed by atoms with Gasteiger partial charge >= 0.3 is 9.28 Å². The van der Waals surface area contributed by atoms with Gasteiger partial charge in [-0.25, -0.2) is 0 Å². The Bertz CT molecular complexity index is 120. The van der Waals surface area contributed by atoms with Crippen molar-refractivity contribution in [3.63, 3.8) is 0 Å². The third kappa shape index (κ3) is 6.04. The Morgan fingerprint density at radius 3 is 2.36 bits per heavy atom. The molecule has 4 heteroatoms. The Morgan fingerprint density at radius 2 is 1.91 bits per heavy atom. The lowest BCUT2D eigenvalue weighted by Crippen LogP contribution is -2.18. The molecule has 0 aliphatic heterocycles. The van der Waals surface area contributed by atoms with Crippen LogP contribution in [-0.4, -0.2) is 23.5 Å². The molecule has 0 heterocycles. The van der Waals surface area contributed by atoms with Crippen molar-refractivity contribution >= 4 is 9.28 Å². The van der Waals surface area contributed by atoms with E-state index in [0.29, 0.717) is 6.42 Å². The summed E-state index contributed by atoms with van der Waals surface area (Å²) in [6.07, 6.45) is 2.66. The predicted octanol–water partition coefficient (Wildman–Crippen LogP) is 1.19. The van der Waals surface area contributed by atoms with Gasteiger partial charge in [0.05, 0.1) is 6.07 Å². The van der Waals surface area contributed by atoms with Crippen molar-refractivity contribution in [1.82, 2.24) is 0 Å². The summed E-state index contributed by atoms with van der Waals surface area (Å²) in [5, 5.41) is 8.24. The van der Waals surface area contributed by atoms with Gasteiger partial charge < -0.3 is 8.85 Å². The van der Waals surface area contributed by atoms with Gasteiger partial charge in [-0.15, -0.1) is 0 Å². The highest BCUT2D eigenvalue weighted by Crippen LogP contribution is 2.04. The van der Waals surface area contributed by atoms with Crippen LogP contribution >= 0.6 is 0 Å². The van der Waals surface area contributed by atoms with Gasteiger partial charge in [0.25, 0.3) is 0 Å². The van der Waals surface area contributed by atoms with Crippen molar-refractivity contribution in [2.45, 2.75) is 25.3 Å². The summed E-state index contributed by atoms with van der Waals surface area (Å²) in [7, 11) is 2.03. The van der Waals surface area contributed by atoms with Crippen molar-refractivity contribution in [2.24, 2.45) is 0 Å². The highest BCUT2D eigenvalue weighted by molar-refractivity contribution is 6.44. The average Bonchev–Trinajstić information content (AvgIpc) is 2.05. The molecule has 0 atom stereocenters. The van der Waals surface area contributed by atoms with Gasteiger partial charge in [0, 0.05) is 20.6 Å². The largest absolute Gasteiger partial charge is 0.400 e. The molecule has 0 saturated carbocycles. The van der Waals surface area contributed by atoms with Crippen LogP contribution in [0.1, 0.15) is 19.3 Å². The highest BCUT2D eigenvalue weighted by Gasteiger charge is 2.07. The molecule has 0 amide bonds. The summed E-state index contributed by atoms with van der Waals surface area (Å²) < 4.78 is 10.2. The average molecular weight is 173 g/mol. The molecule has 0 unspecified atom stereocenters. The zero-order valence-electron chi connectivity index (χ0n) is 7.17. The van der Waals surface area contributed by atoms with Crippen LogP contribution in [0.5, 0.6) is 0 Å². The number of hydrogen-bond acceptors (Lipinski definition) is 3. The molecule has 0 fully saturated rings. The van der Waals surface area contributed by atoms with Crippen LogP contribution in [0.2, 0.25) is 6.04 Å². The van der Waals surface area contributed by atoms with Crippen LogP contribution in [0.4, 0.5) is 0 Å². The van der Waals surface area contributed by atoms with Gasteiger partial charge in [-0.3, -0.25) is 0 Å². The second-order valence-corrected chi connectivity index (χ2v) is 4.68. The Labute approximate surface area is 69.8 Å². The quantitative estimate of drug-likeness (QED) is 0.447. The topological polar surface area (TPSA) is 42.2 Å². The summed E-state index contributed by atoms with van der Waals surface area (Å²) in [5.41, 5.74) is 0. The molecule has 0 aliphatic carbocycles. The Morgan fingerprint density at radius 1 is 1.27 bits per heavy atom. The summed E-state index contributed by atoms with van der Waals surface area (Å²) in [6.45, 7) is 0. The molecule has 0 rings (SSSR count). The normalized spacial score (nSPS) is 10.0. The monoisotopic (exact) mass is 173 g/mol. The molecule has 64 valence electrons. The van der Waals surface area contributed by atoms with E-state index in [-0.39, 0.29) is 0 Å². The van der Waals surface area contributed by atoms with Crippen molar-refractivity contribution < 1.29 is 8.85 Å². The summed E-state index contributed by atoms with van der Waals surface area (Å²) in [4.78, 5) is 0. The van der Waals surface area contributed by atoms with Gasteiger partial charge in [-0.1, -0.05) is 6.42 Å². The predicted molar refractivity (Wildman–Crippen MR) is 45.4 cm³/mol. The SMILES string of the molecule is CO[SiH](CCCCC#N)OC. The molecule has 0 spiro atoms. The van der Waals surface area contributed by atoms with Crippen LogP contribution in [0, 0.1) is 11.3 Å². The van der Waals surface area contributed by atoms with Crippen LogP contribution in [0.25, 0.3) is 0 Å². The van der Waals surface area contributed by atoms with E-state index in [2.05, 4.69) is 6.07 Å². The minimum Gasteiger partial charge on any atom is -0.400 e. The smallest absolute Gasteiger partial charge is 0.320 e. The molecule has 0 N–H and O–H groups in total. The van der Waals surface area contributed by atoms with E-state index in [4.69, 9.17) is 14.1 Å². The van der Waals surface area contributed by atoms with Crippen LogP contribution in [-0.2, 0) is 8.85 Å². The zero-order chi connectivity index (χ0) is 8.53. The standard InChI is InChI=1S/C7H15NO2Si/c1-9-11(10-2)7-5-3-4-6-8/h11H,3-5,7H2,1-2H3. The van der Waals surface area contributed by atoms with Crippen LogP contribution in [0.15, 0.2) is 0 Å². The number of nitrogens with zero attached hydrogens (tertiary/aromatic N) is 1. The third-order valence-electron chi connectivity index (χ3n) is 1.50. The zero-order valence-corrected chi connectivity index (χ0v) is 8.32. The van der Waals surface area contributed by atoms with E-state index in [9.17, 15) is 0 Å². The molecule has 0 aromatic rings. The summed E-state index contributed by atoms with van der Waals surface area (Å²) in [5.74, 6) is 0. The molecule has 0 radical (unpaired) electrons. The minimum absolute atomic E-state index is 0.647. The molecule has 0 saturated heterocycles. The third-order valence-corrected chi connectivity index (χ3v) is 3.44. The first kappa shape index (κ1) is 10.6. The van der Waals surface area contributed by atoms with Crippen molar-refractivity contribution in [3.8, 4) is 6.07 Å². The molecule has 0 aliphatic rings. The minimum atomic E-state index is -1.34. The fourth-order valence-electron chi connectivity index (χ4n) is 0.847. The molecule has 3 nitrogen and oxygen atoms in total. The summed E-state index contributed by atoms with van der Waals surface area (Å²) >= 11 is 0. The Kier molecular flexibility index (Phi) is 7.47. The fourth-order valence-corrected chi connectivity index (χ4v) is 2.13. The number of unbranched alkanes of at least 4 members (excludes halogenated alkanes) is 2. The lowest BCUT2D eigenvalue weighted by molar-refractivity contribution is 0.276. The molecular formula is C7H15NO2Si. The maximum atomic E-state index is 8.24. The molecule has 0 bridgehead atoms. The van der Waals surface area contributed by atoms with E-state index in [1.807, 2.05) is 0 Å². The van der Waals surface area contributed by atoms with Crippen LogP contribution in [0.3, 0.4) is 0 Å². The van der Waals surface area contributed by atoms with Gasteiger partial charge in [0.1, 0.15) is 0 Å². The van der Waals surface area contributed by atoms with E-state index in [0.717, 1.165) is 18.9 Å². The van der Waals surface area contributed by atoms with Gasteiger partial charge in [0.15, 0.2) is 0 Å². The van der Waals surface area contributed by atoms with Crippen molar-refractivity contribution in [2.75, 3.05) is 14.2 Å². The summed E-state index contributed by atoms with van der Waals surface area (Å²) in [6, 6.07) is 3.12. The van der Waals surface area contributed by atoms with E-state index in [1.54, 1.807) is 14.2 Å². The first-order valence-corrected chi connectivity index (χ1v) is 5.53. The second-order valence-electron chi connectivity index (χ2n) is 2.30. The van der Waals surface area contributed by atoms with Gasteiger partial charge in [-0.2, -0.15) is 5.26 Å². The number of nitriles is 1. The fraction of sp³-hybridized carbons (Fsp3) is 0.857. The molecule has 0 aromatic carbocycles. The van der Waals surface area contributed by atoms with Gasteiger partial charge in [-0.05, 0) is 12.5 Å². The number of rotatable bonds is 6. The maximum Gasteiger partial charge on any atom is 0.320 e. The lowest BCUT2D eigenvalue weighted by atomic mass is 10.3. The van der Waals surface area contributed by atoms with E-state index in [1.165, 1.54) is 0 Å². The van der Waals surface area contributed by atoms with Crippen LogP contribution < -0.4 is 0 Å². The van der Waals surface area contributed by atoms with E-state index >= 15 is 0 Å². The Hall–Kier alpha value is -0.373. The Balaban J connectivity index is 3.16. The van der Waals surface area contributed by atoms with Crippen molar-refractivity contribution in [1.29, 1.82) is 5.26 Å². The second kappa shape index (κ2) is 7.73. The molecular weight excluding hydrogens is 158 g/mol. The maximum absolute atomic E-state index is 8.24. The molecule has 0 aromatic heterocycles. The van der Waals surface area contributed by atoms with E-state index < -0.39 is 9.28 Å². The molecule has 11 heavy (non-hydrogen) atoms. The first-order chi connectivity index (χ1) is 5.35. The lowest BCUT2D eigenvalue weighted by Gasteiger charge is -2.08. The van der Waals surface area contributed by atoms with Crippen molar-refractivity contribution in [3.05, 3.63) is 0 Å². The first-order valence-electron chi connectivity index (χ1n) is 3.77. The van der Waals surface area contributed by atoms with Gasteiger partial charge in [0.2, 0.25) is 0 Å².